The third kappa shape index (κ3) is 2.61. The number of halogens is 1. The van der Waals surface area contributed by atoms with Crippen molar-refractivity contribution in [3.63, 3.8) is 0 Å². The summed E-state index contributed by atoms with van der Waals surface area (Å²) >= 11 is 6.04. The van der Waals surface area contributed by atoms with E-state index in [0.29, 0.717) is 16.6 Å². The van der Waals surface area contributed by atoms with E-state index >= 15 is 0 Å². The lowest BCUT2D eigenvalue weighted by Gasteiger charge is -2.22. The van der Waals surface area contributed by atoms with Crippen molar-refractivity contribution in [3.05, 3.63) is 28.8 Å². The van der Waals surface area contributed by atoms with E-state index in [1.54, 1.807) is 6.07 Å². The Morgan fingerprint density at radius 3 is 2.76 bits per heavy atom. The van der Waals surface area contributed by atoms with E-state index in [1.807, 2.05) is 12.1 Å². The van der Waals surface area contributed by atoms with Gasteiger partial charge in [0.25, 0.3) is 0 Å². The molecular formula is C13H17ClN2O. The van der Waals surface area contributed by atoms with Crippen molar-refractivity contribution in [2.75, 3.05) is 32.1 Å². The van der Waals surface area contributed by atoms with Gasteiger partial charge in [-0.1, -0.05) is 11.6 Å². The zero-order valence-corrected chi connectivity index (χ0v) is 10.9. The number of rotatable bonds is 3. The van der Waals surface area contributed by atoms with Crippen LogP contribution in [0.15, 0.2) is 18.2 Å². The zero-order chi connectivity index (χ0) is 12.4. The molecule has 2 rings (SSSR count). The number of benzene rings is 1. The average Bonchev–Trinajstić information content (AvgIpc) is 2.78. The molecule has 0 aliphatic carbocycles. The van der Waals surface area contributed by atoms with Gasteiger partial charge in [0.15, 0.2) is 6.29 Å². The van der Waals surface area contributed by atoms with E-state index in [9.17, 15) is 4.79 Å². The number of nitrogens with zero attached hydrogens (tertiary/aromatic N) is 2. The standard InChI is InChI=1S/C13H17ClN2O/c1-15(2)12-5-6-16(8-12)11-4-3-10(9-17)13(14)7-11/h3-4,7,9,12H,5-6,8H2,1-2H3/t12-/m1/s1. The maximum absolute atomic E-state index is 10.7. The van der Waals surface area contributed by atoms with Gasteiger partial charge in [0.05, 0.1) is 5.02 Å². The molecule has 1 aliphatic rings. The van der Waals surface area contributed by atoms with Crippen molar-refractivity contribution in [2.24, 2.45) is 0 Å². The van der Waals surface area contributed by atoms with Crippen LogP contribution in [0.25, 0.3) is 0 Å². The van der Waals surface area contributed by atoms with Gasteiger partial charge in [-0.25, -0.2) is 0 Å². The highest BCUT2D eigenvalue weighted by atomic mass is 35.5. The molecule has 1 fully saturated rings. The van der Waals surface area contributed by atoms with Crippen molar-refractivity contribution in [1.29, 1.82) is 0 Å². The predicted molar refractivity (Wildman–Crippen MR) is 71.1 cm³/mol. The summed E-state index contributed by atoms with van der Waals surface area (Å²) in [5.41, 5.74) is 1.66. The van der Waals surface area contributed by atoms with Crippen LogP contribution in [0.4, 0.5) is 5.69 Å². The maximum atomic E-state index is 10.7. The van der Waals surface area contributed by atoms with Crippen molar-refractivity contribution >= 4 is 23.6 Å². The lowest BCUT2D eigenvalue weighted by molar-refractivity contribution is 0.112. The molecule has 0 radical (unpaired) electrons. The molecule has 0 bridgehead atoms. The van der Waals surface area contributed by atoms with E-state index in [1.165, 1.54) is 6.42 Å². The van der Waals surface area contributed by atoms with Gasteiger partial charge in [0.2, 0.25) is 0 Å². The molecule has 0 aromatic heterocycles. The summed E-state index contributed by atoms with van der Waals surface area (Å²) in [6.07, 6.45) is 1.96. The minimum atomic E-state index is 0.533. The van der Waals surface area contributed by atoms with Crippen molar-refractivity contribution in [3.8, 4) is 0 Å². The Balaban J connectivity index is 2.14. The number of aldehydes is 1. The van der Waals surface area contributed by atoms with E-state index in [4.69, 9.17) is 11.6 Å². The fraction of sp³-hybridized carbons (Fsp3) is 0.462. The lowest BCUT2D eigenvalue weighted by Crippen LogP contribution is -2.31. The van der Waals surface area contributed by atoms with Crippen LogP contribution in [0, 0.1) is 0 Å². The molecule has 1 aliphatic heterocycles. The van der Waals surface area contributed by atoms with Crippen LogP contribution in [-0.4, -0.2) is 44.4 Å². The Kier molecular flexibility index (Phi) is 3.69. The Morgan fingerprint density at radius 2 is 2.24 bits per heavy atom. The molecule has 0 N–H and O–H groups in total. The second kappa shape index (κ2) is 5.07. The van der Waals surface area contributed by atoms with Crippen molar-refractivity contribution < 1.29 is 4.79 Å². The molecule has 0 unspecified atom stereocenters. The first-order chi connectivity index (χ1) is 8.11. The molecule has 1 aromatic carbocycles. The van der Waals surface area contributed by atoms with Gasteiger partial charge in [0, 0.05) is 30.4 Å². The Hall–Kier alpha value is -1.06. The number of hydrogen-bond acceptors (Lipinski definition) is 3. The molecule has 3 nitrogen and oxygen atoms in total. The lowest BCUT2D eigenvalue weighted by atomic mass is 10.2. The first-order valence-corrected chi connectivity index (χ1v) is 6.15. The Labute approximate surface area is 107 Å². The van der Waals surface area contributed by atoms with Gasteiger partial charge < -0.3 is 9.80 Å². The summed E-state index contributed by atoms with van der Waals surface area (Å²) in [6, 6.07) is 6.23. The smallest absolute Gasteiger partial charge is 0.151 e. The van der Waals surface area contributed by atoms with Gasteiger partial charge in [-0.15, -0.1) is 0 Å². The Bertz CT molecular complexity index is 420. The second-order valence-corrected chi connectivity index (χ2v) is 5.08. The van der Waals surface area contributed by atoms with Crippen LogP contribution in [0.1, 0.15) is 16.8 Å². The van der Waals surface area contributed by atoms with Gasteiger partial charge in [-0.3, -0.25) is 4.79 Å². The molecule has 1 atom stereocenters. The number of anilines is 1. The zero-order valence-electron chi connectivity index (χ0n) is 10.2. The molecule has 1 heterocycles. The van der Waals surface area contributed by atoms with E-state index in [2.05, 4.69) is 23.9 Å². The fourth-order valence-corrected chi connectivity index (χ4v) is 2.43. The first kappa shape index (κ1) is 12.4. The van der Waals surface area contributed by atoms with Gasteiger partial charge in [-0.05, 0) is 38.7 Å². The van der Waals surface area contributed by atoms with Crippen LogP contribution in [0.2, 0.25) is 5.02 Å². The number of likely N-dealkylation sites (N-methyl/N-ethyl adjacent to an activating group) is 1. The summed E-state index contributed by atoms with van der Waals surface area (Å²) < 4.78 is 0. The first-order valence-electron chi connectivity index (χ1n) is 5.78. The third-order valence-corrected chi connectivity index (χ3v) is 3.70. The second-order valence-electron chi connectivity index (χ2n) is 4.68. The molecule has 1 saturated heterocycles. The summed E-state index contributed by atoms with van der Waals surface area (Å²) in [4.78, 5) is 15.3. The minimum absolute atomic E-state index is 0.533. The summed E-state index contributed by atoms with van der Waals surface area (Å²) in [7, 11) is 4.22. The average molecular weight is 253 g/mol. The molecule has 4 heteroatoms. The van der Waals surface area contributed by atoms with E-state index in [-0.39, 0.29) is 0 Å². The summed E-state index contributed by atoms with van der Waals surface area (Å²) in [5.74, 6) is 0. The van der Waals surface area contributed by atoms with E-state index in [0.717, 1.165) is 25.1 Å². The molecule has 92 valence electrons. The molecule has 0 amide bonds. The van der Waals surface area contributed by atoms with Crippen LogP contribution >= 0.6 is 11.6 Å². The minimum Gasteiger partial charge on any atom is -0.370 e. The molecule has 17 heavy (non-hydrogen) atoms. The number of carbonyl (C=O) groups is 1. The van der Waals surface area contributed by atoms with Gasteiger partial charge in [-0.2, -0.15) is 0 Å². The van der Waals surface area contributed by atoms with Gasteiger partial charge in [0.1, 0.15) is 0 Å². The maximum Gasteiger partial charge on any atom is 0.151 e. The molecule has 0 saturated carbocycles. The summed E-state index contributed by atoms with van der Waals surface area (Å²) in [5, 5.41) is 0.533. The van der Waals surface area contributed by atoms with Crippen molar-refractivity contribution in [2.45, 2.75) is 12.5 Å². The van der Waals surface area contributed by atoms with Crippen molar-refractivity contribution in [1.82, 2.24) is 4.90 Å². The predicted octanol–water partition coefficient (Wildman–Crippen LogP) is 2.29. The Morgan fingerprint density at radius 1 is 1.47 bits per heavy atom. The van der Waals surface area contributed by atoms with Crippen LogP contribution in [-0.2, 0) is 0 Å². The van der Waals surface area contributed by atoms with Gasteiger partial charge >= 0.3 is 0 Å². The third-order valence-electron chi connectivity index (χ3n) is 3.37. The normalized spacial score (nSPS) is 20.0. The fourth-order valence-electron chi connectivity index (χ4n) is 2.21. The van der Waals surface area contributed by atoms with Crippen LogP contribution < -0.4 is 4.90 Å². The van der Waals surface area contributed by atoms with Crippen LogP contribution in [0.5, 0.6) is 0 Å². The number of carbonyl (C=O) groups excluding carboxylic acids is 1. The highest BCUT2D eigenvalue weighted by Gasteiger charge is 2.24. The highest BCUT2D eigenvalue weighted by molar-refractivity contribution is 6.33. The molecular weight excluding hydrogens is 236 g/mol. The monoisotopic (exact) mass is 252 g/mol. The van der Waals surface area contributed by atoms with E-state index < -0.39 is 0 Å². The molecule has 1 aromatic rings. The quantitative estimate of drug-likeness (QED) is 0.772. The largest absolute Gasteiger partial charge is 0.370 e. The number of hydrogen-bond donors (Lipinski definition) is 0. The summed E-state index contributed by atoms with van der Waals surface area (Å²) in [6.45, 7) is 2.06. The highest BCUT2D eigenvalue weighted by Crippen LogP contribution is 2.26. The topological polar surface area (TPSA) is 23.6 Å². The molecule has 0 spiro atoms. The van der Waals surface area contributed by atoms with Crippen LogP contribution in [0.3, 0.4) is 0 Å². The SMILES string of the molecule is CN(C)[C@@H]1CCN(c2ccc(C=O)c(Cl)c2)C1.